The third-order valence-electron chi connectivity index (χ3n) is 7.60. The van der Waals surface area contributed by atoms with Crippen LogP contribution in [-0.2, 0) is 28.1 Å². The van der Waals surface area contributed by atoms with Crippen LogP contribution in [0.2, 0.25) is 0 Å². The number of allylic oxidation sites excluding steroid dienone is 4. The van der Waals surface area contributed by atoms with Crippen LogP contribution < -0.4 is 9.80 Å². The number of rotatable bonds is 13. The maximum Gasteiger partial charge on any atom is 0.414 e. The van der Waals surface area contributed by atoms with E-state index in [9.17, 15) is 14.7 Å². The van der Waals surface area contributed by atoms with E-state index in [0.717, 1.165) is 18.5 Å². The van der Waals surface area contributed by atoms with E-state index in [1.54, 1.807) is 27.9 Å². The van der Waals surface area contributed by atoms with Gasteiger partial charge in [0, 0.05) is 49.5 Å². The highest BCUT2D eigenvalue weighted by molar-refractivity contribution is 6.08. The average molecular weight is 564 g/mol. The zero-order valence-corrected chi connectivity index (χ0v) is 24.4. The van der Waals surface area contributed by atoms with E-state index >= 15 is 0 Å². The van der Waals surface area contributed by atoms with Crippen LogP contribution in [0.15, 0.2) is 59.8 Å². The average Bonchev–Trinajstić information content (AvgIpc) is 3.63. The Morgan fingerprint density at radius 3 is 2.71 bits per heavy atom. The van der Waals surface area contributed by atoms with Crippen LogP contribution in [0.3, 0.4) is 0 Å². The van der Waals surface area contributed by atoms with E-state index < -0.39 is 17.6 Å². The Balaban J connectivity index is 1.56. The Morgan fingerprint density at radius 2 is 2.00 bits per heavy atom. The predicted molar refractivity (Wildman–Crippen MR) is 158 cm³/mol. The number of anilines is 2. The maximum absolute atomic E-state index is 13.9. The molecule has 4 rings (SSSR count). The van der Waals surface area contributed by atoms with Crippen LogP contribution >= 0.6 is 0 Å². The lowest BCUT2D eigenvalue weighted by Crippen LogP contribution is -2.44. The van der Waals surface area contributed by atoms with Gasteiger partial charge in [0.15, 0.2) is 5.60 Å². The van der Waals surface area contributed by atoms with Crippen LogP contribution in [0.5, 0.6) is 0 Å². The Morgan fingerprint density at radius 1 is 1.20 bits per heavy atom. The van der Waals surface area contributed by atoms with Gasteiger partial charge in [-0.2, -0.15) is 0 Å². The molecular formula is C31H41N5O5. The van der Waals surface area contributed by atoms with Crippen molar-refractivity contribution in [3.8, 4) is 0 Å². The van der Waals surface area contributed by atoms with Crippen LogP contribution in [0.1, 0.15) is 58.2 Å². The fraction of sp³-hybridized carbons (Fsp3) is 0.484. The van der Waals surface area contributed by atoms with E-state index in [0.29, 0.717) is 56.0 Å². The van der Waals surface area contributed by atoms with Crippen LogP contribution in [0.4, 0.5) is 16.2 Å². The molecule has 1 aromatic heterocycles. The molecule has 220 valence electrons. The highest BCUT2D eigenvalue weighted by Crippen LogP contribution is 2.46. The van der Waals surface area contributed by atoms with Crippen molar-refractivity contribution in [2.45, 2.75) is 65.5 Å². The van der Waals surface area contributed by atoms with Crippen molar-refractivity contribution in [1.82, 2.24) is 15.0 Å². The summed E-state index contributed by atoms with van der Waals surface area (Å²) in [5.74, 6) is -0.924. The van der Waals surface area contributed by atoms with Crippen molar-refractivity contribution in [3.05, 3.63) is 71.1 Å². The molecule has 2 aliphatic rings. The highest BCUT2D eigenvalue weighted by atomic mass is 16.6. The number of carbonyl (C=O) groups excluding carboxylic acids is 2. The fourth-order valence-electron chi connectivity index (χ4n) is 5.17. The minimum atomic E-state index is -1.79. The van der Waals surface area contributed by atoms with Gasteiger partial charge in [-0.25, -0.2) is 4.79 Å². The first kappa shape index (κ1) is 30.2. The molecule has 0 radical (unpaired) electrons. The number of carbonyl (C=O) groups is 2. The van der Waals surface area contributed by atoms with Gasteiger partial charge < -0.3 is 19.8 Å². The smallest absolute Gasteiger partial charge is 0.414 e. The topological polar surface area (TPSA) is 121 Å². The summed E-state index contributed by atoms with van der Waals surface area (Å²) in [5.41, 5.74) is 3.10. The molecular weight excluding hydrogens is 522 g/mol. The van der Waals surface area contributed by atoms with E-state index in [4.69, 9.17) is 9.84 Å². The monoisotopic (exact) mass is 563 g/mol. The summed E-state index contributed by atoms with van der Waals surface area (Å²) in [6, 6.07) is 5.35. The summed E-state index contributed by atoms with van der Waals surface area (Å²) in [4.78, 5) is 29.3. The number of aliphatic hydroxyl groups is 2. The molecule has 41 heavy (non-hydrogen) atoms. The van der Waals surface area contributed by atoms with E-state index in [1.807, 2.05) is 31.2 Å². The molecule has 1 saturated heterocycles. The zero-order chi connectivity index (χ0) is 29.6. The molecule has 0 bridgehead atoms. The second kappa shape index (κ2) is 13.3. The minimum Gasteiger partial charge on any atom is -0.447 e. The summed E-state index contributed by atoms with van der Waals surface area (Å²) >= 11 is 0. The Labute approximate surface area is 241 Å². The number of hydrogen-bond donors (Lipinski definition) is 2. The van der Waals surface area contributed by atoms with Gasteiger partial charge in [0.25, 0.3) is 5.91 Å². The summed E-state index contributed by atoms with van der Waals surface area (Å²) in [7, 11) is 0. The highest BCUT2D eigenvalue weighted by Gasteiger charge is 2.52. The van der Waals surface area contributed by atoms with Crippen molar-refractivity contribution in [1.29, 1.82) is 0 Å². The first-order valence-corrected chi connectivity index (χ1v) is 14.2. The number of benzene rings is 1. The molecule has 2 N–H and O–H groups in total. The van der Waals surface area contributed by atoms with Crippen LogP contribution in [0.25, 0.3) is 0 Å². The van der Waals surface area contributed by atoms with Crippen LogP contribution in [-0.4, -0.2) is 63.5 Å². The molecule has 0 saturated carbocycles. The Kier molecular flexibility index (Phi) is 9.77. The maximum atomic E-state index is 13.9. The Bertz CT molecular complexity index is 1340. The van der Waals surface area contributed by atoms with Gasteiger partial charge in [-0.3, -0.25) is 14.4 Å². The second-order valence-electron chi connectivity index (χ2n) is 11.0. The standard InChI is InChI=1S/C31H41N5O5/c1-22(2)8-7-9-23(3)13-16-36-28-12-11-26(35-17-19-41-30(35)39)20-27(28)31(40,29(36)38)24(4)10-5-6-15-34-21-25(14-18-37)32-33-34/h5,8,10-13,20-21,24,37,40H,6-7,9,14-19H2,1-4H3/b10-5+,23-13+/t24-,31+/m0/s1. The summed E-state index contributed by atoms with van der Waals surface area (Å²) in [5, 5.41) is 29.2. The van der Waals surface area contributed by atoms with Gasteiger partial charge in [0.05, 0.1) is 17.9 Å². The summed E-state index contributed by atoms with van der Waals surface area (Å²) in [6.07, 6.45) is 12.3. The molecule has 2 aromatic rings. The third kappa shape index (κ3) is 6.77. The Hall–Kier alpha value is -3.76. The normalized spacial score (nSPS) is 19.7. The number of ether oxygens (including phenoxy) is 1. The number of hydrogen-bond acceptors (Lipinski definition) is 7. The van der Waals surface area contributed by atoms with Crippen molar-refractivity contribution >= 4 is 23.4 Å². The van der Waals surface area contributed by atoms with Crippen molar-refractivity contribution in [2.24, 2.45) is 5.92 Å². The number of cyclic esters (lactones) is 1. The van der Waals surface area contributed by atoms with Gasteiger partial charge in [0.2, 0.25) is 0 Å². The van der Waals surface area contributed by atoms with Gasteiger partial charge in [-0.1, -0.05) is 47.6 Å². The van der Waals surface area contributed by atoms with Crippen LogP contribution in [0, 0.1) is 5.92 Å². The quantitative estimate of drug-likeness (QED) is 0.349. The number of aliphatic hydroxyl groups excluding tert-OH is 1. The van der Waals surface area contributed by atoms with Gasteiger partial charge >= 0.3 is 6.09 Å². The zero-order valence-electron chi connectivity index (χ0n) is 24.4. The molecule has 1 fully saturated rings. The number of aromatic nitrogens is 3. The van der Waals surface area contributed by atoms with E-state index in [2.05, 4.69) is 37.2 Å². The van der Waals surface area contributed by atoms with Gasteiger partial charge in [-0.05, 0) is 58.2 Å². The molecule has 3 heterocycles. The van der Waals surface area contributed by atoms with E-state index in [1.165, 1.54) is 16.0 Å². The number of aryl methyl sites for hydroxylation is 1. The number of amides is 2. The molecule has 2 atom stereocenters. The molecule has 10 nitrogen and oxygen atoms in total. The first-order valence-electron chi connectivity index (χ1n) is 14.2. The molecule has 0 aliphatic carbocycles. The van der Waals surface area contributed by atoms with Gasteiger partial charge in [0.1, 0.15) is 6.61 Å². The lowest BCUT2D eigenvalue weighted by atomic mass is 9.82. The van der Waals surface area contributed by atoms with E-state index in [-0.39, 0.29) is 12.5 Å². The second-order valence-corrected chi connectivity index (χ2v) is 11.0. The molecule has 1 aromatic carbocycles. The molecule has 2 aliphatic heterocycles. The van der Waals surface area contributed by atoms with Crippen molar-refractivity contribution < 1.29 is 24.5 Å². The fourth-order valence-corrected chi connectivity index (χ4v) is 5.17. The molecule has 2 amide bonds. The molecule has 0 spiro atoms. The predicted octanol–water partition coefficient (Wildman–Crippen LogP) is 4.28. The number of nitrogens with zero attached hydrogens (tertiary/aromatic N) is 5. The largest absolute Gasteiger partial charge is 0.447 e. The third-order valence-corrected chi connectivity index (χ3v) is 7.60. The molecule has 10 heteroatoms. The van der Waals surface area contributed by atoms with Crippen molar-refractivity contribution in [3.63, 3.8) is 0 Å². The minimum absolute atomic E-state index is 0.0210. The molecule has 0 unspecified atom stereocenters. The lowest BCUT2D eigenvalue weighted by molar-refractivity contribution is -0.139. The SMILES string of the molecule is CC(C)=CCC/C(C)=C/CN1C(=O)[C@@](O)([C@@H](C)/C=C/CCn2cc(CCO)nn2)c2cc(N3CCOC3=O)ccc21. The summed E-state index contributed by atoms with van der Waals surface area (Å²) < 4.78 is 6.82. The lowest BCUT2D eigenvalue weighted by Gasteiger charge is -2.28. The number of fused-ring (bicyclic) bond motifs is 1. The first-order chi connectivity index (χ1) is 19.6. The summed E-state index contributed by atoms with van der Waals surface area (Å²) in [6.45, 7) is 9.70. The van der Waals surface area contributed by atoms with Crippen molar-refractivity contribution in [2.75, 3.05) is 36.1 Å². The van der Waals surface area contributed by atoms with Gasteiger partial charge in [-0.15, -0.1) is 5.10 Å².